The van der Waals surface area contributed by atoms with Crippen molar-refractivity contribution in [3.8, 4) is 0 Å². The summed E-state index contributed by atoms with van der Waals surface area (Å²) in [7, 11) is -8.68. The number of hydrogen-bond acceptors (Lipinski definition) is 8. The van der Waals surface area contributed by atoms with Crippen LogP contribution in [-0.2, 0) is 24.7 Å². The molecule has 3 aliphatic heterocycles. The monoisotopic (exact) mass is 440 g/mol. The van der Waals surface area contributed by atoms with Crippen LogP contribution in [0, 0.1) is 0 Å². The van der Waals surface area contributed by atoms with Crippen molar-refractivity contribution in [2.75, 3.05) is 45.0 Å². The number of carbonyl (C=O) groups is 1. The van der Waals surface area contributed by atoms with E-state index in [1.807, 2.05) is 4.90 Å². The van der Waals surface area contributed by atoms with Crippen molar-refractivity contribution in [2.45, 2.75) is 24.9 Å². The molecule has 2 bridgehead atoms. The van der Waals surface area contributed by atoms with E-state index >= 15 is 0 Å². The van der Waals surface area contributed by atoms with Crippen molar-refractivity contribution in [2.24, 2.45) is 10.1 Å². The Labute approximate surface area is 163 Å². The summed E-state index contributed by atoms with van der Waals surface area (Å²) in [6, 6.07) is -2.18. The van der Waals surface area contributed by atoms with Crippen LogP contribution in [0.1, 0.15) is 12.8 Å². The quantitative estimate of drug-likeness (QED) is 0.219. The number of nitrogens with two attached hydrogens (primary N) is 1. The molecule has 0 radical (unpaired) electrons. The van der Waals surface area contributed by atoms with Gasteiger partial charge in [0, 0.05) is 39.3 Å². The summed E-state index contributed by atoms with van der Waals surface area (Å²) in [6.07, 6.45) is 0.615. The molecule has 3 saturated heterocycles. The number of nitrogens with one attached hydrogen (secondary N) is 1. The van der Waals surface area contributed by atoms with Crippen molar-refractivity contribution in [3.05, 3.63) is 0 Å². The van der Waals surface area contributed by atoms with E-state index in [2.05, 4.69) is 14.0 Å². The number of piperidine rings is 1. The molecule has 28 heavy (non-hydrogen) atoms. The van der Waals surface area contributed by atoms with Gasteiger partial charge in [0.15, 0.2) is 0 Å². The van der Waals surface area contributed by atoms with Gasteiger partial charge in [-0.2, -0.15) is 13.5 Å². The van der Waals surface area contributed by atoms with Gasteiger partial charge >= 0.3 is 16.4 Å². The number of hydrogen-bond donors (Lipinski definition) is 3. The molecule has 13 nitrogen and oxygen atoms in total. The molecule has 3 rings (SSSR count). The van der Waals surface area contributed by atoms with Gasteiger partial charge in [-0.1, -0.05) is 0 Å². The van der Waals surface area contributed by atoms with Crippen LogP contribution in [0.2, 0.25) is 0 Å². The third kappa shape index (κ3) is 5.09. The van der Waals surface area contributed by atoms with E-state index in [9.17, 15) is 21.6 Å². The van der Waals surface area contributed by atoms with E-state index in [0.29, 0.717) is 24.4 Å². The number of amides is 2. The minimum atomic E-state index is -4.85. The molecule has 0 saturated carbocycles. The molecule has 0 aromatic rings. The number of fused-ring (bicyclic) bond motifs is 2. The second-order valence-electron chi connectivity index (χ2n) is 6.90. The number of piperazine rings is 1. The maximum Gasteiger partial charge on any atom is 0.418 e. The maximum atomic E-state index is 12.4. The predicted octanol–water partition coefficient (Wildman–Crippen LogP) is -2.42. The first-order valence-corrected chi connectivity index (χ1v) is 11.8. The van der Waals surface area contributed by atoms with Crippen LogP contribution < -0.4 is 11.1 Å². The Morgan fingerprint density at radius 1 is 1.25 bits per heavy atom. The summed E-state index contributed by atoms with van der Waals surface area (Å²) in [4.78, 5) is 15.6. The van der Waals surface area contributed by atoms with E-state index in [1.54, 1.807) is 0 Å². The number of nitrogens with zero attached hydrogens (tertiary/aromatic N) is 4. The van der Waals surface area contributed by atoms with Crippen LogP contribution in [0.5, 0.6) is 0 Å². The molecule has 3 heterocycles. The Morgan fingerprint density at radius 3 is 2.57 bits per heavy atom. The first-order valence-electron chi connectivity index (χ1n) is 8.84. The molecule has 3 fully saturated rings. The standard InChI is InChI=1S/C13H24N6O7S2/c14-12(16-27(21,22)8-7-17-5-3-15-4-6-17)11-2-1-10-9-18(11)13(20)19(10)26-28(23,24)25/h10-11,15H,1-9H2,(H2,14,16)(H,23,24,25). The molecule has 0 spiro atoms. The number of carbonyl (C=O) groups excluding carboxylic acids is 1. The van der Waals surface area contributed by atoms with Gasteiger partial charge in [0.1, 0.15) is 5.84 Å². The van der Waals surface area contributed by atoms with Gasteiger partial charge in [-0.15, -0.1) is 8.68 Å². The molecule has 2 amide bonds. The van der Waals surface area contributed by atoms with Crippen LogP contribution in [0.4, 0.5) is 4.79 Å². The maximum absolute atomic E-state index is 12.4. The lowest BCUT2D eigenvalue weighted by Crippen LogP contribution is -2.48. The lowest BCUT2D eigenvalue weighted by Gasteiger charge is -2.29. The van der Waals surface area contributed by atoms with Gasteiger partial charge in [0.2, 0.25) is 0 Å². The molecule has 3 aliphatic rings. The van der Waals surface area contributed by atoms with Crippen LogP contribution >= 0.6 is 0 Å². The van der Waals surface area contributed by atoms with E-state index < -0.39 is 38.5 Å². The molecule has 0 aliphatic carbocycles. The third-order valence-corrected chi connectivity index (χ3v) is 6.49. The van der Waals surface area contributed by atoms with Crippen LogP contribution in [-0.4, -0.2) is 105 Å². The summed E-state index contributed by atoms with van der Waals surface area (Å²) in [5.41, 5.74) is 5.89. The zero-order valence-electron chi connectivity index (χ0n) is 15.1. The van der Waals surface area contributed by atoms with Gasteiger partial charge in [-0.05, 0) is 12.8 Å². The number of hydroxylamine groups is 2. The fourth-order valence-electron chi connectivity index (χ4n) is 3.59. The Hall–Kier alpha value is -1.52. The average molecular weight is 441 g/mol. The molecule has 160 valence electrons. The summed E-state index contributed by atoms with van der Waals surface area (Å²) in [5, 5.41) is 3.75. The fraction of sp³-hybridized carbons (Fsp3) is 0.846. The first kappa shape index (κ1) is 21.2. The highest BCUT2D eigenvalue weighted by Gasteiger charge is 2.48. The summed E-state index contributed by atoms with van der Waals surface area (Å²) in [5.74, 6) is -0.407. The largest absolute Gasteiger partial charge is 0.418 e. The van der Waals surface area contributed by atoms with Crippen molar-refractivity contribution in [1.82, 2.24) is 20.2 Å². The fourth-order valence-corrected chi connectivity index (χ4v) is 5.00. The van der Waals surface area contributed by atoms with Crippen LogP contribution in [0.3, 0.4) is 0 Å². The molecule has 0 aromatic carbocycles. The normalized spacial score (nSPS) is 27.5. The lowest BCUT2D eigenvalue weighted by molar-refractivity contribution is -0.0316. The highest BCUT2D eigenvalue weighted by Crippen LogP contribution is 2.30. The minimum Gasteiger partial charge on any atom is -0.385 e. The van der Waals surface area contributed by atoms with Crippen LogP contribution in [0.25, 0.3) is 0 Å². The van der Waals surface area contributed by atoms with Crippen LogP contribution in [0.15, 0.2) is 4.40 Å². The van der Waals surface area contributed by atoms with E-state index in [0.717, 1.165) is 26.2 Å². The highest BCUT2D eigenvalue weighted by molar-refractivity contribution is 7.90. The van der Waals surface area contributed by atoms with Gasteiger partial charge in [-0.25, -0.2) is 13.2 Å². The lowest BCUT2D eigenvalue weighted by atomic mass is 10.0. The Bertz CT molecular complexity index is 839. The molecular formula is C13H24N6O7S2. The number of sulfonamides is 1. The smallest absolute Gasteiger partial charge is 0.385 e. The Balaban J connectivity index is 1.65. The molecule has 4 N–H and O–H groups in total. The van der Waals surface area contributed by atoms with Crippen molar-refractivity contribution < 1.29 is 30.5 Å². The molecule has 2 unspecified atom stereocenters. The zero-order valence-corrected chi connectivity index (χ0v) is 16.7. The van der Waals surface area contributed by atoms with Gasteiger partial charge < -0.3 is 16.0 Å². The molecule has 0 aromatic heterocycles. The molecular weight excluding hydrogens is 416 g/mol. The number of amidine groups is 1. The Kier molecular flexibility index (Phi) is 6.11. The third-order valence-electron chi connectivity index (χ3n) is 4.96. The second-order valence-corrected chi connectivity index (χ2v) is 9.66. The first-order chi connectivity index (χ1) is 13.1. The minimum absolute atomic E-state index is 0.0933. The molecule has 2 atom stereocenters. The summed E-state index contributed by atoms with van der Waals surface area (Å²) < 4.78 is 63.2. The summed E-state index contributed by atoms with van der Waals surface area (Å²) >= 11 is 0. The van der Waals surface area contributed by atoms with E-state index in [4.69, 9.17) is 10.3 Å². The van der Waals surface area contributed by atoms with Crippen molar-refractivity contribution >= 4 is 32.3 Å². The SMILES string of the molecule is NC(=NS(=O)(=O)CCN1CCNCC1)C1CCC2CN1C(=O)N2OS(=O)(=O)O. The zero-order chi connectivity index (χ0) is 20.5. The van der Waals surface area contributed by atoms with Crippen molar-refractivity contribution in [1.29, 1.82) is 0 Å². The van der Waals surface area contributed by atoms with Gasteiger partial charge in [0.25, 0.3) is 10.0 Å². The average Bonchev–Trinajstić information content (AvgIpc) is 2.84. The van der Waals surface area contributed by atoms with Gasteiger partial charge in [-0.3, -0.25) is 9.45 Å². The topological polar surface area (TPSA) is 175 Å². The number of urea groups is 1. The van der Waals surface area contributed by atoms with Gasteiger partial charge in [0.05, 0.1) is 17.8 Å². The number of rotatable bonds is 7. The predicted molar refractivity (Wildman–Crippen MR) is 98.1 cm³/mol. The Morgan fingerprint density at radius 2 is 1.93 bits per heavy atom. The van der Waals surface area contributed by atoms with E-state index in [1.165, 1.54) is 4.90 Å². The highest BCUT2D eigenvalue weighted by atomic mass is 32.3. The van der Waals surface area contributed by atoms with Crippen molar-refractivity contribution in [3.63, 3.8) is 0 Å². The molecule has 15 heteroatoms. The second kappa shape index (κ2) is 8.08. The van der Waals surface area contributed by atoms with E-state index in [-0.39, 0.29) is 18.1 Å². The summed E-state index contributed by atoms with van der Waals surface area (Å²) in [6.45, 7) is 3.54.